The summed E-state index contributed by atoms with van der Waals surface area (Å²) in [6.07, 6.45) is 6.26. The number of ether oxygens (including phenoxy) is 1. The van der Waals surface area contributed by atoms with Gasteiger partial charge in [0.1, 0.15) is 0 Å². The predicted octanol–water partition coefficient (Wildman–Crippen LogP) is 3.69. The predicted molar refractivity (Wildman–Crippen MR) is 101 cm³/mol. The van der Waals surface area contributed by atoms with Gasteiger partial charge in [-0.2, -0.15) is 0 Å². The van der Waals surface area contributed by atoms with Gasteiger partial charge in [0.15, 0.2) is 0 Å². The fourth-order valence-corrected chi connectivity index (χ4v) is 2.77. The molecule has 0 unspecified atom stereocenters. The lowest BCUT2D eigenvalue weighted by molar-refractivity contribution is -0.134. The molecule has 4 nitrogen and oxygen atoms in total. The summed E-state index contributed by atoms with van der Waals surface area (Å²) in [6.45, 7) is 1.75. The Labute approximate surface area is 147 Å². The fourth-order valence-electron chi connectivity index (χ4n) is 2.77. The van der Waals surface area contributed by atoms with Gasteiger partial charge in [-0.3, -0.25) is 0 Å². The van der Waals surface area contributed by atoms with Gasteiger partial charge in [-0.1, -0.05) is 42.5 Å². The normalized spacial score (nSPS) is 11.2. The molecule has 3 aromatic rings. The molecule has 0 bridgehead atoms. The van der Waals surface area contributed by atoms with Crippen LogP contribution in [0.15, 0.2) is 60.8 Å². The quantitative estimate of drug-likeness (QED) is 0.394. The number of carbonyl (C=O) groups excluding carboxylic acids is 1. The number of nitrogens with one attached hydrogen (secondary N) is 2. The first-order chi connectivity index (χ1) is 12.3. The Morgan fingerprint density at radius 3 is 2.76 bits per heavy atom. The van der Waals surface area contributed by atoms with Gasteiger partial charge in [0, 0.05) is 29.7 Å². The molecule has 0 aliphatic heterocycles. The molecular weight excluding hydrogens is 312 g/mol. The van der Waals surface area contributed by atoms with Crippen LogP contribution in [0.2, 0.25) is 0 Å². The van der Waals surface area contributed by atoms with Crippen LogP contribution in [0.5, 0.6) is 0 Å². The molecule has 0 saturated carbocycles. The van der Waals surface area contributed by atoms with Crippen LogP contribution in [0.3, 0.4) is 0 Å². The Hall–Kier alpha value is -2.85. The van der Waals surface area contributed by atoms with Crippen molar-refractivity contribution in [1.29, 1.82) is 0 Å². The number of rotatable bonds is 7. The van der Waals surface area contributed by atoms with E-state index in [9.17, 15) is 4.79 Å². The number of carbonyl (C=O) groups is 1. The van der Waals surface area contributed by atoms with Crippen molar-refractivity contribution in [3.8, 4) is 0 Å². The first-order valence-electron chi connectivity index (χ1n) is 8.37. The Morgan fingerprint density at radius 2 is 1.96 bits per heavy atom. The van der Waals surface area contributed by atoms with Crippen molar-refractivity contribution in [2.24, 2.45) is 0 Å². The van der Waals surface area contributed by atoms with Crippen LogP contribution in [0.25, 0.3) is 17.0 Å². The van der Waals surface area contributed by atoms with Crippen molar-refractivity contribution in [3.05, 3.63) is 77.5 Å². The van der Waals surface area contributed by atoms with Crippen LogP contribution in [0.4, 0.5) is 0 Å². The van der Waals surface area contributed by atoms with Crippen LogP contribution < -0.4 is 5.32 Å². The van der Waals surface area contributed by atoms with Crippen molar-refractivity contribution >= 4 is 22.9 Å². The maximum absolute atomic E-state index is 11.1. The second kappa shape index (κ2) is 8.31. The summed E-state index contributed by atoms with van der Waals surface area (Å²) < 4.78 is 4.58. The van der Waals surface area contributed by atoms with Gasteiger partial charge in [-0.15, -0.1) is 0 Å². The zero-order valence-corrected chi connectivity index (χ0v) is 14.3. The van der Waals surface area contributed by atoms with E-state index >= 15 is 0 Å². The number of fused-ring (bicyclic) bond motifs is 1. The highest BCUT2D eigenvalue weighted by Gasteiger charge is 2.02. The lowest BCUT2D eigenvalue weighted by Crippen LogP contribution is -2.16. The average molecular weight is 334 g/mol. The lowest BCUT2D eigenvalue weighted by Gasteiger charge is -2.05. The molecule has 4 heteroatoms. The van der Waals surface area contributed by atoms with Crippen LogP contribution in [-0.4, -0.2) is 24.6 Å². The molecule has 1 heterocycles. The first-order valence-corrected chi connectivity index (χ1v) is 8.37. The number of hydrogen-bond acceptors (Lipinski definition) is 3. The molecule has 25 heavy (non-hydrogen) atoms. The van der Waals surface area contributed by atoms with E-state index in [2.05, 4.69) is 51.6 Å². The summed E-state index contributed by atoms with van der Waals surface area (Å²) >= 11 is 0. The van der Waals surface area contributed by atoms with Crippen LogP contribution in [0.1, 0.15) is 16.7 Å². The summed E-state index contributed by atoms with van der Waals surface area (Å²) in [5, 5.41) is 4.77. The third-order valence-corrected chi connectivity index (χ3v) is 4.17. The molecule has 0 saturated heterocycles. The third-order valence-electron chi connectivity index (χ3n) is 4.17. The maximum Gasteiger partial charge on any atom is 0.330 e. The summed E-state index contributed by atoms with van der Waals surface area (Å²) in [6, 6.07) is 16.5. The molecule has 0 atom stereocenters. The summed E-state index contributed by atoms with van der Waals surface area (Å²) in [5.41, 5.74) is 4.72. The maximum atomic E-state index is 11.1. The van der Waals surface area contributed by atoms with Crippen molar-refractivity contribution < 1.29 is 9.53 Å². The van der Waals surface area contributed by atoms with Crippen molar-refractivity contribution in [1.82, 2.24) is 10.3 Å². The van der Waals surface area contributed by atoms with E-state index in [1.165, 1.54) is 35.2 Å². The number of para-hydroxylation sites is 1. The van der Waals surface area contributed by atoms with Crippen LogP contribution in [-0.2, 0) is 22.5 Å². The van der Waals surface area contributed by atoms with E-state index in [0.717, 1.165) is 25.1 Å². The number of aromatic nitrogens is 1. The number of esters is 1. The molecule has 2 aromatic carbocycles. The molecule has 3 rings (SSSR count). The summed E-state index contributed by atoms with van der Waals surface area (Å²) in [5.74, 6) is -0.344. The summed E-state index contributed by atoms with van der Waals surface area (Å²) in [4.78, 5) is 14.4. The SMILES string of the molecule is COC(=O)/C=C/c1ccc(CNCCc2c[nH]c3ccccc23)cc1. The van der Waals surface area contributed by atoms with Gasteiger partial charge in [-0.25, -0.2) is 4.79 Å². The van der Waals surface area contributed by atoms with Gasteiger partial charge in [-0.05, 0) is 41.8 Å². The fraction of sp³-hybridized carbons (Fsp3) is 0.190. The van der Waals surface area contributed by atoms with E-state index in [4.69, 9.17) is 0 Å². The van der Waals surface area contributed by atoms with E-state index in [1.54, 1.807) is 6.08 Å². The molecule has 0 aliphatic rings. The van der Waals surface area contributed by atoms with Crippen LogP contribution >= 0.6 is 0 Å². The average Bonchev–Trinajstić information content (AvgIpc) is 3.07. The number of H-pyrrole nitrogens is 1. The topological polar surface area (TPSA) is 54.1 Å². The van der Waals surface area contributed by atoms with Gasteiger partial charge in [0.05, 0.1) is 7.11 Å². The number of hydrogen-bond donors (Lipinski definition) is 2. The standard InChI is InChI=1S/C21H22N2O2/c1-25-21(24)11-10-16-6-8-17(9-7-16)14-22-13-12-18-15-23-20-5-3-2-4-19(18)20/h2-11,15,22-23H,12-14H2,1H3/b11-10+. The monoisotopic (exact) mass is 334 g/mol. The molecule has 128 valence electrons. The van der Waals surface area contributed by atoms with Gasteiger partial charge in [0.25, 0.3) is 0 Å². The second-order valence-corrected chi connectivity index (χ2v) is 5.88. The molecule has 0 spiro atoms. The van der Waals surface area contributed by atoms with Gasteiger partial charge < -0.3 is 15.0 Å². The van der Waals surface area contributed by atoms with Gasteiger partial charge >= 0.3 is 5.97 Å². The third kappa shape index (κ3) is 4.58. The molecule has 0 fully saturated rings. The van der Waals surface area contributed by atoms with Crippen molar-refractivity contribution in [2.75, 3.05) is 13.7 Å². The number of aromatic amines is 1. The van der Waals surface area contributed by atoms with Crippen LogP contribution in [0, 0.1) is 0 Å². The Bertz CT molecular complexity index is 863. The molecule has 2 N–H and O–H groups in total. The smallest absolute Gasteiger partial charge is 0.330 e. The van der Waals surface area contributed by atoms with Crippen molar-refractivity contribution in [2.45, 2.75) is 13.0 Å². The highest BCUT2D eigenvalue weighted by Crippen LogP contribution is 2.17. The van der Waals surface area contributed by atoms with Crippen molar-refractivity contribution in [3.63, 3.8) is 0 Å². The minimum atomic E-state index is -0.344. The first kappa shape index (κ1) is 17.0. The van der Waals surface area contributed by atoms with Gasteiger partial charge in [0.2, 0.25) is 0 Å². The molecule has 0 radical (unpaired) electrons. The van der Waals surface area contributed by atoms with E-state index in [-0.39, 0.29) is 5.97 Å². The summed E-state index contributed by atoms with van der Waals surface area (Å²) in [7, 11) is 1.37. The highest BCUT2D eigenvalue weighted by molar-refractivity contribution is 5.86. The number of methoxy groups -OCH3 is 1. The molecule has 0 amide bonds. The van der Waals surface area contributed by atoms with E-state index < -0.39 is 0 Å². The highest BCUT2D eigenvalue weighted by atomic mass is 16.5. The largest absolute Gasteiger partial charge is 0.466 e. The zero-order valence-electron chi connectivity index (χ0n) is 14.3. The lowest BCUT2D eigenvalue weighted by atomic mass is 10.1. The Balaban J connectivity index is 1.47. The zero-order chi connectivity index (χ0) is 17.5. The second-order valence-electron chi connectivity index (χ2n) is 5.88. The Morgan fingerprint density at radius 1 is 1.16 bits per heavy atom. The van der Waals surface area contributed by atoms with E-state index in [1.807, 2.05) is 18.2 Å². The molecule has 1 aromatic heterocycles. The minimum Gasteiger partial charge on any atom is -0.466 e. The Kier molecular flexibility index (Phi) is 5.65. The minimum absolute atomic E-state index is 0.344. The van der Waals surface area contributed by atoms with E-state index in [0.29, 0.717) is 0 Å². The molecular formula is C21H22N2O2. The number of benzene rings is 2. The molecule has 0 aliphatic carbocycles.